The fourth-order valence-corrected chi connectivity index (χ4v) is 4.99. The van der Waals surface area contributed by atoms with Crippen LogP contribution in [-0.2, 0) is 0 Å². The maximum absolute atomic E-state index is 12.7. The van der Waals surface area contributed by atoms with E-state index in [9.17, 15) is 4.79 Å². The molecule has 0 aliphatic rings. The summed E-state index contributed by atoms with van der Waals surface area (Å²) in [5.41, 5.74) is 3.53. The van der Waals surface area contributed by atoms with Crippen molar-refractivity contribution in [3.63, 3.8) is 0 Å². The first-order chi connectivity index (χ1) is 13.4. The second-order valence-corrected chi connectivity index (χ2v) is 10.0. The van der Waals surface area contributed by atoms with E-state index in [2.05, 4.69) is 87.3 Å². The number of nitrogens with one attached hydrogen (secondary N) is 1. The molecule has 140 valence electrons. The molecule has 4 nitrogen and oxygen atoms in total. The quantitative estimate of drug-likeness (QED) is 0.176. The number of benzene rings is 3. The zero-order valence-corrected chi connectivity index (χ0v) is 21.5. The van der Waals surface area contributed by atoms with Crippen LogP contribution in [0.5, 0.6) is 0 Å². The van der Waals surface area contributed by atoms with Gasteiger partial charge in [0.2, 0.25) is 5.89 Å². The Bertz CT molecular complexity index is 1220. The number of carbonyl (C=O) groups excluding carboxylic acids is 1. The van der Waals surface area contributed by atoms with Crippen molar-refractivity contribution < 1.29 is 9.21 Å². The van der Waals surface area contributed by atoms with Gasteiger partial charge in [0, 0.05) is 27.3 Å². The van der Waals surface area contributed by atoms with Gasteiger partial charge in [-0.15, -0.1) is 0 Å². The number of aromatic nitrogens is 1. The summed E-state index contributed by atoms with van der Waals surface area (Å²) in [6.07, 6.45) is 0. The third-order valence-electron chi connectivity index (χ3n) is 3.95. The SMILES string of the molecule is O=C(Nc1ccc2oc(-c3cccc(I)c3)nc2c1)c1cc(Br)cc(Br)c1I. The summed E-state index contributed by atoms with van der Waals surface area (Å²) in [5.74, 6) is 0.370. The van der Waals surface area contributed by atoms with Gasteiger partial charge in [0.15, 0.2) is 5.58 Å². The van der Waals surface area contributed by atoms with Gasteiger partial charge in [-0.3, -0.25) is 4.79 Å². The molecule has 1 aromatic heterocycles. The van der Waals surface area contributed by atoms with Gasteiger partial charge in [-0.1, -0.05) is 22.0 Å². The Kier molecular flexibility index (Phi) is 6.09. The predicted molar refractivity (Wildman–Crippen MR) is 135 cm³/mol. The second kappa shape index (κ2) is 8.41. The molecule has 0 fully saturated rings. The molecule has 0 saturated carbocycles. The summed E-state index contributed by atoms with van der Waals surface area (Å²) in [7, 11) is 0. The summed E-state index contributed by atoms with van der Waals surface area (Å²) >= 11 is 11.3. The Morgan fingerprint density at radius 1 is 1.04 bits per heavy atom. The largest absolute Gasteiger partial charge is 0.436 e. The monoisotopic (exact) mass is 722 g/mol. The Morgan fingerprint density at radius 3 is 2.64 bits per heavy atom. The number of halogens is 4. The fraction of sp³-hybridized carbons (Fsp3) is 0. The first-order valence-electron chi connectivity index (χ1n) is 8.03. The summed E-state index contributed by atoms with van der Waals surface area (Å²) in [6.45, 7) is 0. The smallest absolute Gasteiger partial charge is 0.256 e. The molecule has 0 unspecified atom stereocenters. The van der Waals surface area contributed by atoms with Crippen LogP contribution < -0.4 is 5.32 Å². The summed E-state index contributed by atoms with van der Waals surface area (Å²) in [6, 6.07) is 17.1. The van der Waals surface area contributed by atoms with Crippen LogP contribution >= 0.6 is 77.0 Å². The van der Waals surface area contributed by atoms with Crippen LogP contribution in [0.2, 0.25) is 0 Å². The van der Waals surface area contributed by atoms with E-state index in [0.29, 0.717) is 28.2 Å². The zero-order chi connectivity index (χ0) is 19.8. The minimum Gasteiger partial charge on any atom is -0.436 e. The molecule has 4 aromatic rings. The molecule has 28 heavy (non-hydrogen) atoms. The minimum absolute atomic E-state index is 0.188. The molecule has 0 aliphatic carbocycles. The molecule has 0 spiro atoms. The number of amides is 1. The van der Waals surface area contributed by atoms with Crippen LogP contribution in [0, 0.1) is 7.14 Å². The van der Waals surface area contributed by atoms with Gasteiger partial charge in [0.05, 0.1) is 5.56 Å². The predicted octanol–water partition coefficient (Wildman–Crippen LogP) is 7.48. The molecule has 1 heterocycles. The van der Waals surface area contributed by atoms with Crippen molar-refractivity contribution in [2.75, 3.05) is 5.32 Å². The number of hydrogen-bond acceptors (Lipinski definition) is 3. The number of oxazole rings is 1. The van der Waals surface area contributed by atoms with E-state index in [0.717, 1.165) is 21.6 Å². The van der Waals surface area contributed by atoms with E-state index in [1.54, 1.807) is 6.07 Å². The lowest BCUT2D eigenvalue weighted by Gasteiger charge is -2.09. The average Bonchev–Trinajstić information content (AvgIpc) is 3.08. The molecule has 1 amide bonds. The summed E-state index contributed by atoms with van der Waals surface area (Å²) in [4.78, 5) is 17.3. The number of carbonyl (C=O) groups is 1. The molecular formula is C20H10Br2I2N2O2. The number of fused-ring (bicyclic) bond motifs is 1. The maximum atomic E-state index is 12.7. The van der Waals surface area contributed by atoms with Gasteiger partial charge < -0.3 is 9.73 Å². The first-order valence-corrected chi connectivity index (χ1v) is 11.8. The minimum atomic E-state index is -0.188. The van der Waals surface area contributed by atoms with Crippen molar-refractivity contribution in [1.29, 1.82) is 0 Å². The van der Waals surface area contributed by atoms with Crippen molar-refractivity contribution in [2.45, 2.75) is 0 Å². The molecule has 0 bridgehead atoms. The van der Waals surface area contributed by atoms with Crippen molar-refractivity contribution in [3.8, 4) is 11.5 Å². The van der Waals surface area contributed by atoms with Crippen molar-refractivity contribution in [1.82, 2.24) is 4.98 Å². The Morgan fingerprint density at radius 2 is 1.86 bits per heavy atom. The summed E-state index contributed by atoms with van der Waals surface area (Å²) in [5, 5.41) is 2.94. The highest BCUT2D eigenvalue weighted by Gasteiger charge is 2.15. The standard InChI is InChI=1S/C20H10Br2I2N2O2/c21-11-7-14(18(24)15(22)8-11)19(27)25-13-4-5-17-16(9-13)26-20(28-17)10-2-1-3-12(23)6-10/h1-9H,(H,25,27). The lowest BCUT2D eigenvalue weighted by molar-refractivity contribution is 0.102. The Hall–Kier alpha value is -0.980. The van der Waals surface area contributed by atoms with Crippen LogP contribution in [0.1, 0.15) is 10.4 Å². The highest BCUT2D eigenvalue weighted by atomic mass is 127. The van der Waals surface area contributed by atoms with Gasteiger partial charge in [-0.2, -0.15) is 0 Å². The van der Waals surface area contributed by atoms with Gasteiger partial charge >= 0.3 is 0 Å². The fourth-order valence-electron chi connectivity index (χ4n) is 2.67. The molecule has 4 rings (SSSR count). The Balaban J connectivity index is 1.64. The normalized spacial score (nSPS) is 11.0. The molecule has 0 radical (unpaired) electrons. The highest BCUT2D eigenvalue weighted by Crippen LogP contribution is 2.30. The van der Waals surface area contributed by atoms with Gasteiger partial charge in [0.25, 0.3) is 5.91 Å². The highest BCUT2D eigenvalue weighted by molar-refractivity contribution is 14.1. The van der Waals surface area contributed by atoms with E-state index in [-0.39, 0.29) is 5.91 Å². The topological polar surface area (TPSA) is 55.1 Å². The van der Waals surface area contributed by atoms with E-state index < -0.39 is 0 Å². The lowest BCUT2D eigenvalue weighted by atomic mass is 10.2. The Labute approximate surface area is 205 Å². The molecule has 0 saturated heterocycles. The van der Waals surface area contributed by atoms with E-state index in [4.69, 9.17) is 4.42 Å². The molecule has 3 aromatic carbocycles. The molecule has 8 heteroatoms. The molecule has 1 N–H and O–H groups in total. The van der Waals surface area contributed by atoms with Crippen LogP contribution in [0.4, 0.5) is 5.69 Å². The van der Waals surface area contributed by atoms with E-state index >= 15 is 0 Å². The third-order valence-corrected chi connectivity index (χ3v) is 7.61. The van der Waals surface area contributed by atoms with Gasteiger partial charge in [0.1, 0.15) is 5.52 Å². The number of rotatable bonds is 3. The van der Waals surface area contributed by atoms with Crippen LogP contribution in [0.3, 0.4) is 0 Å². The molecule has 0 aliphatic heterocycles. The maximum Gasteiger partial charge on any atom is 0.256 e. The van der Waals surface area contributed by atoms with Crippen LogP contribution in [0.25, 0.3) is 22.6 Å². The van der Waals surface area contributed by atoms with Crippen molar-refractivity contribution >= 4 is 99.7 Å². The van der Waals surface area contributed by atoms with Crippen molar-refractivity contribution in [2.24, 2.45) is 0 Å². The van der Waals surface area contributed by atoms with E-state index in [1.807, 2.05) is 48.5 Å². The van der Waals surface area contributed by atoms with Crippen LogP contribution in [-0.4, -0.2) is 10.9 Å². The lowest BCUT2D eigenvalue weighted by Crippen LogP contribution is -2.13. The second-order valence-electron chi connectivity index (χ2n) is 5.92. The van der Waals surface area contributed by atoms with Gasteiger partial charge in [-0.05, 0) is 110 Å². The number of hydrogen-bond donors (Lipinski definition) is 1. The average molecular weight is 724 g/mol. The van der Waals surface area contributed by atoms with Crippen molar-refractivity contribution in [3.05, 3.63) is 76.2 Å². The molecular weight excluding hydrogens is 714 g/mol. The van der Waals surface area contributed by atoms with Gasteiger partial charge in [-0.25, -0.2) is 4.98 Å². The first kappa shape index (κ1) is 20.3. The van der Waals surface area contributed by atoms with E-state index in [1.165, 1.54) is 0 Å². The molecule has 0 atom stereocenters. The van der Waals surface area contributed by atoms with Crippen LogP contribution in [0.15, 0.2) is 68.0 Å². The zero-order valence-electron chi connectivity index (χ0n) is 14.0. The number of nitrogens with zero attached hydrogens (tertiary/aromatic N) is 1. The summed E-state index contributed by atoms with van der Waals surface area (Å²) < 4.78 is 9.52. The number of anilines is 1. The third kappa shape index (κ3) is 4.29.